The van der Waals surface area contributed by atoms with Crippen molar-refractivity contribution in [3.63, 3.8) is 0 Å². The molecule has 120 valence electrons. The molecule has 3 aromatic rings. The van der Waals surface area contributed by atoms with Gasteiger partial charge in [-0.05, 0) is 49.8 Å². The summed E-state index contributed by atoms with van der Waals surface area (Å²) in [7, 11) is 0. The van der Waals surface area contributed by atoms with Crippen LogP contribution in [-0.2, 0) is 0 Å². The first kappa shape index (κ1) is 15.8. The fraction of sp³-hybridized carbons (Fsp3) is 0.333. The maximum Gasteiger partial charge on any atom is 0.265 e. The van der Waals surface area contributed by atoms with Crippen molar-refractivity contribution in [2.24, 2.45) is 0 Å². The maximum atomic E-state index is 12.3. The predicted octanol–water partition coefficient (Wildman–Crippen LogP) is 2.74. The third-order valence-corrected chi connectivity index (χ3v) is 5.33. The molecule has 6 nitrogen and oxygen atoms in total. The van der Waals surface area contributed by atoms with Gasteiger partial charge in [-0.25, -0.2) is 0 Å². The van der Waals surface area contributed by atoms with Gasteiger partial charge in [-0.15, -0.1) is 16.4 Å². The molecule has 3 aromatic heterocycles. The minimum Gasteiger partial charge on any atom is -0.349 e. The zero-order valence-electron chi connectivity index (χ0n) is 13.1. The molecular weight excluding hydrogens is 330 g/mol. The van der Waals surface area contributed by atoms with Crippen molar-refractivity contribution in [1.82, 2.24) is 24.7 Å². The van der Waals surface area contributed by atoms with Crippen LogP contribution < -0.4 is 5.32 Å². The van der Waals surface area contributed by atoms with Gasteiger partial charge in [0.25, 0.3) is 5.91 Å². The molecule has 0 aromatic carbocycles. The van der Waals surface area contributed by atoms with Crippen LogP contribution in [0.4, 0.5) is 0 Å². The van der Waals surface area contributed by atoms with Crippen LogP contribution in [0, 0.1) is 20.8 Å². The SMILES string of the molecule is Cc1cc(C)n([C@@H](CNC(=O)c2snnc2C)c2cccs2)n1. The average molecular weight is 347 g/mol. The van der Waals surface area contributed by atoms with Crippen LogP contribution >= 0.6 is 22.9 Å². The Morgan fingerprint density at radius 1 is 1.39 bits per heavy atom. The molecule has 0 fully saturated rings. The monoisotopic (exact) mass is 347 g/mol. The van der Waals surface area contributed by atoms with E-state index in [0.29, 0.717) is 17.1 Å². The summed E-state index contributed by atoms with van der Waals surface area (Å²) in [4.78, 5) is 14.0. The van der Waals surface area contributed by atoms with E-state index in [0.717, 1.165) is 27.8 Å². The molecule has 0 unspecified atom stereocenters. The Balaban J connectivity index is 1.82. The quantitative estimate of drug-likeness (QED) is 0.770. The topological polar surface area (TPSA) is 72.7 Å². The summed E-state index contributed by atoms with van der Waals surface area (Å²) in [6, 6.07) is 6.10. The lowest BCUT2D eigenvalue weighted by atomic mass is 10.2. The second-order valence-corrected chi connectivity index (χ2v) is 7.03. The van der Waals surface area contributed by atoms with Crippen LogP contribution in [0.3, 0.4) is 0 Å². The van der Waals surface area contributed by atoms with Gasteiger partial charge in [0.05, 0.1) is 11.4 Å². The lowest BCUT2D eigenvalue weighted by molar-refractivity contribution is 0.0952. The molecule has 0 aliphatic rings. The number of aryl methyl sites for hydroxylation is 3. The van der Waals surface area contributed by atoms with Crippen LogP contribution in [0.25, 0.3) is 0 Å². The van der Waals surface area contributed by atoms with Crippen LogP contribution in [0.15, 0.2) is 23.6 Å². The highest BCUT2D eigenvalue weighted by Crippen LogP contribution is 2.24. The van der Waals surface area contributed by atoms with E-state index in [1.807, 2.05) is 36.0 Å². The summed E-state index contributed by atoms with van der Waals surface area (Å²) < 4.78 is 5.78. The average Bonchev–Trinajstić information content (AvgIpc) is 3.22. The molecule has 23 heavy (non-hydrogen) atoms. The van der Waals surface area contributed by atoms with Crippen molar-refractivity contribution < 1.29 is 4.79 Å². The van der Waals surface area contributed by atoms with Crippen molar-refractivity contribution >= 4 is 28.8 Å². The van der Waals surface area contributed by atoms with E-state index in [4.69, 9.17) is 0 Å². The first-order valence-electron chi connectivity index (χ1n) is 7.19. The second-order valence-electron chi connectivity index (χ2n) is 5.30. The maximum absolute atomic E-state index is 12.3. The van der Waals surface area contributed by atoms with Crippen LogP contribution in [0.2, 0.25) is 0 Å². The normalized spacial score (nSPS) is 12.3. The van der Waals surface area contributed by atoms with Crippen LogP contribution in [0.1, 0.15) is 37.7 Å². The Bertz CT molecular complexity index is 806. The molecule has 0 saturated carbocycles. The van der Waals surface area contributed by atoms with Crippen molar-refractivity contribution in [2.45, 2.75) is 26.8 Å². The van der Waals surface area contributed by atoms with E-state index in [1.54, 1.807) is 18.3 Å². The zero-order valence-corrected chi connectivity index (χ0v) is 14.7. The number of aromatic nitrogens is 4. The van der Waals surface area contributed by atoms with E-state index < -0.39 is 0 Å². The smallest absolute Gasteiger partial charge is 0.265 e. The minimum atomic E-state index is -0.138. The van der Waals surface area contributed by atoms with Gasteiger partial charge in [0.2, 0.25) is 0 Å². The summed E-state index contributed by atoms with van der Waals surface area (Å²) in [6.07, 6.45) is 0. The van der Waals surface area contributed by atoms with Gasteiger partial charge in [0, 0.05) is 17.1 Å². The molecule has 1 N–H and O–H groups in total. The summed E-state index contributed by atoms with van der Waals surface area (Å²) in [5.41, 5.74) is 2.70. The first-order valence-corrected chi connectivity index (χ1v) is 8.85. The Labute approximate surface area is 142 Å². The van der Waals surface area contributed by atoms with E-state index >= 15 is 0 Å². The molecule has 1 amide bonds. The first-order chi connectivity index (χ1) is 11.1. The van der Waals surface area contributed by atoms with Crippen molar-refractivity contribution in [1.29, 1.82) is 0 Å². The fourth-order valence-corrected chi connectivity index (χ4v) is 3.84. The van der Waals surface area contributed by atoms with Gasteiger partial charge in [0.1, 0.15) is 10.9 Å². The van der Waals surface area contributed by atoms with Crippen LogP contribution in [0.5, 0.6) is 0 Å². The molecule has 0 spiro atoms. The summed E-state index contributed by atoms with van der Waals surface area (Å²) in [6.45, 7) is 6.26. The lowest BCUT2D eigenvalue weighted by Gasteiger charge is -2.18. The number of amides is 1. The molecule has 1 atom stereocenters. The summed E-state index contributed by atoms with van der Waals surface area (Å²) >= 11 is 2.78. The number of hydrogen-bond donors (Lipinski definition) is 1. The fourth-order valence-electron chi connectivity index (χ4n) is 2.46. The Kier molecular flexibility index (Phi) is 4.53. The number of carbonyl (C=O) groups is 1. The second kappa shape index (κ2) is 6.59. The Morgan fingerprint density at radius 2 is 2.22 bits per heavy atom. The molecule has 0 aliphatic carbocycles. The van der Waals surface area contributed by atoms with Crippen molar-refractivity contribution in [3.05, 3.63) is 50.4 Å². The standard InChI is InChI=1S/C15H17N5OS2/c1-9-7-10(2)20(18-9)12(13-5-4-6-22-13)8-16-15(21)14-11(3)17-19-23-14/h4-7,12H,8H2,1-3H3,(H,16,21)/t12-/m0/s1. The van der Waals surface area contributed by atoms with Crippen molar-refractivity contribution in [3.8, 4) is 0 Å². The largest absolute Gasteiger partial charge is 0.349 e. The zero-order chi connectivity index (χ0) is 16.4. The number of rotatable bonds is 5. The Hall–Kier alpha value is -2.06. The third kappa shape index (κ3) is 3.32. The molecule has 3 rings (SSSR count). The number of hydrogen-bond acceptors (Lipinski definition) is 6. The van der Waals surface area contributed by atoms with Gasteiger partial charge in [-0.2, -0.15) is 5.10 Å². The number of nitrogens with one attached hydrogen (secondary N) is 1. The van der Waals surface area contributed by atoms with E-state index in [9.17, 15) is 4.79 Å². The molecule has 8 heteroatoms. The molecule has 3 heterocycles. The number of thiophene rings is 1. The summed E-state index contributed by atoms with van der Waals surface area (Å²) in [5.74, 6) is -0.138. The van der Waals surface area contributed by atoms with Gasteiger partial charge >= 0.3 is 0 Å². The Morgan fingerprint density at radius 3 is 2.78 bits per heavy atom. The van der Waals surface area contributed by atoms with Gasteiger partial charge in [-0.1, -0.05) is 10.6 Å². The minimum absolute atomic E-state index is 0.0196. The highest BCUT2D eigenvalue weighted by Gasteiger charge is 2.20. The number of nitrogens with zero attached hydrogens (tertiary/aromatic N) is 4. The number of carbonyl (C=O) groups excluding carboxylic acids is 1. The molecule has 0 aliphatic heterocycles. The van der Waals surface area contributed by atoms with Gasteiger partial charge < -0.3 is 5.32 Å². The molecular formula is C15H17N5OS2. The van der Waals surface area contributed by atoms with E-state index in [-0.39, 0.29) is 11.9 Å². The van der Waals surface area contributed by atoms with E-state index in [2.05, 4.69) is 26.1 Å². The summed E-state index contributed by atoms with van der Waals surface area (Å²) in [5, 5.41) is 13.5. The molecule has 0 radical (unpaired) electrons. The highest BCUT2D eigenvalue weighted by atomic mass is 32.1. The predicted molar refractivity (Wildman–Crippen MR) is 91.1 cm³/mol. The van der Waals surface area contributed by atoms with Crippen LogP contribution in [-0.4, -0.2) is 31.8 Å². The lowest BCUT2D eigenvalue weighted by Crippen LogP contribution is -2.31. The van der Waals surface area contributed by atoms with E-state index in [1.165, 1.54) is 0 Å². The van der Waals surface area contributed by atoms with Gasteiger partial charge in [-0.3, -0.25) is 9.48 Å². The third-order valence-electron chi connectivity index (χ3n) is 3.53. The molecule has 0 bridgehead atoms. The highest BCUT2D eigenvalue weighted by molar-refractivity contribution is 7.10. The van der Waals surface area contributed by atoms with Crippen molar-refractivity contribution in [2.75, 3.05) is 6.54 Å². The van der Waals surface area contributed by atoms with Gasteiger partial charge in [0.15, 0.2) is 0 Å². The molecule has 0 saturated heterocycles.